The quantitative estimate of drug-likeness (QED) is 0.603. The van der Waals surface area contributed by atoms with Crippen LogP contribution >= 0.6 is 0 Å². The lowest BCUT2D eigenvalue weighted by atomic mass is 9.94. The number of aromatic nitrogens is 2. The molecule has 4 rings (SSSR count). The van der Waals surface area contributed by atoms with Gasteiger partial charge < -0.3 is 14.8 Å². The first-order valence-corrected chi connectivity index (χ1v) is 11.3. The van der Waals surface area contributed by atoms with E-state index in [9.17, 15) is 9.18 Å². The Balaban J connectivity index is 1.35. The minimum Gasteiger partial charge on any atom is -0.334 e. The Morgan fingerprint density at radius 2 is 1.81 bits per heavy atom. The van der Waals surface area contributed by atoms with Crippen molar-refractivity contribution >= 4 is 6.03 Å². The minimum atomic E-state index is -0.223. The summed E-state index contributed by atoms with van der Waals surface area (Å²) in [7, 11) is 0. The molecule has 2 heterocycles. The molecule has 5 nitrogen and oxygen atoms in total. The maximum Gasteiger partial charge on any atom is 0.317 e. The fraction of sp³-hybridized carbons (Fsp3) is 0.385. The summed E-state index contributed by atoms with van der Waals surface area (Å²) in [5, 5.41) is 3.06. The summed E-state index contributed by atoms with van der Waals surface area (Å²) in [6.07, 6.45) is 4.81. The van der Waals surface area contributed by atoms with Crippen LogP contribution in [-0.4, -0.2) is 33.6 Å². The van der Waals surface area contributed by atoms with Crippen LogP contribution in [0.2, 0.25) is 0 Å². The van der Waals surface area contributed by atoms with E-state index in [0.29, 0.717) is 19.0 Å². The van der Waals surface area contributed by atoms with Gasteiger partial charge >= 0.3 is 6.03 Å². The smallest absolute Gasteiger partial charge is 0.317 e. The van der Waals surface area contributed by atoms with E-state index in [1.54, 1.807) is 0 Å². The third-order valence-electron chi connectivity index (χ3n) is 6.23. The average molecular weight is 435 g/mol. The van der Waals surface area contributed by atoms with Gasteiger partial charge in [-0.1, -0.05) is 42.0 Å². The summed E-state index contributed by atoms with van der Waals surface area (Å²) in [6.45, 7) is 6.85. The third kappa shape index (κ3) is 5.55. The van der Waals surface area contributed by atoms with Gasteiger partial charge in [-0.15, -0.1) is 0 Å². The van der Waals surface area contributed by atoms with E-state index in [0.717, 1.165) is 55.0 Å². The van der Waals surface area contributed by atoms with Crippen molar-refractivity contribution in [1.29, 1.82) is 0 Å². The predicted molar refractivity (Wildman–Crippen MR) is 124 cm³/mol. The molecule has 2 amide bonds. The Morgan fingerprint density at radius 1 is 1.09 bits per heavy atom. The van der Waals surface area contributed by atoms with Gasteiger partial charge in [0.1, 0.15) is 11.6 Å². The number of likely N-dealkylation sites (tertiary alicyclic amines) is 1. The number of imidazole rings is 1. The second-order valence-corrected chi connectivity index (χ2v) is 8.83. The molecule has 1 saturated heterocycles. The molecule has 6 heteroatoms. The van der Waals surface area contributed by atoms with Gasteiger partial charge in [-0.2, -0.15) is 0 Å². The standard InChI is InChI=1S/C26H31FN4O/c1-19-5-7-21(8-6-19)16-29-26(32)30-13-3-4-23(17-30)14-25-28-15-20(2)31(25)18-22-9-11-24(27)12-10-22/h5-12,15,23H,3-4,13-14,16-18H2,1-2H3,(H,29,32). The van der Waals surface area contributed by atoms with Crippen molar-refractivity contribution in [2.24, 2.45) is 5.92 Å². The monoisotopic (exact) mass is 434 g/mol. The Hall–Kier alpha value is -3.15. The van der Waals surface area contributed by atoms with E-state index in [-0.39, 0.29) is 11.8 Å². The molecule has 1 N–H and O–H groups in total. The highest BCUT2D eigenvalue weighted by atomic mass is 19.1. The number of aryl methyl sites for hydroxylation is 2. The highest BCUT2D eigenvalue weighted by Gasteiger charge is 2.25. The Morgan fingerprint density at radius 3 is 2.56 bits per heavy atom. The van der Waals surface area contributed by atoms with Crippen LogP contribution in [0.25, 0.3) is 0 Å². The Labute approximate surface area is 189 Å². The zero-order valence-electron chi connectivity index (χ0n) is 18.9. The maximum atomic E-state index is 13.2. The first kappa shape index (κ1) is 22.1. The number of carbonyl (C=O) groups excluding carboxylic acids is 1. The van der Waals surface area contributed by atoms with Crippen molar-refractivity contribution < 1.29 is 9.18 Å². The van der Waals surface area contributed by atoms with Crippen molar-refractivity contribution in [3.8, 4) is 0 Å². The summed E-state index contributed by atoms with van der Waals surface area (Å²) in [6, 6.07) is 14.9. The van der Waals surface area contributed by atoms with Crippen LogP contribution in [0.5, 0.6) is 0 Å². The predicted octanol–water partition coefficient (Wildman–Crippen LogP) is 4.85. The van der Waals surface area contributed by atoms with Crippen molar-refractivity contribution in [3.63, 3.8) is 0 Å². The maximum absolute atomic E-state index is 13.2. The second kappa shape index (κ2) is 9.98. The van der Waals surface area contributed by atoms with Crippen LogP contribution in [-0.2, 0) is 19.5 Å². The molecule has 1 aromatic heterocycles. The molecule has 0 radical (unpaired) electrons. The molecule has 168 valence electrons. The van der Waals surface area contributed by atoms with Crippen molar-refractivity contribution in [3.05, 3.63) is 88.8 Å². The van der Waals surface area contributed by atoms with Crippen molar-refractivity contribution in [2.45, 2.75) is 46.2 Å². The van der Waals surface area contributed by atoms with Gasteiger partial charge in [0.2, 0.25) is 0 Å². The van der Waals surface area contributed by atoms with Crippen molar-refractivity contribution in [2.75, 3.05) is 13.1 Å². The first-order valence-electron chi connectivity index (χ1n) is 11.3. The van der Waals surface area contributed by atoms with Crippen LogP contribution in [0.1, 0.15) is 41.1 Å². The molecule has 1 aliphatic heterocycles. The summed E-state index contributed by atoms with van der Waals surface area (Å²) >= 11 is 0. The summed E-state index contributed by atoms with van der Waals surface area (Å²) < 4.78 is 15.4. The van der Waals surface area contributed by atoms with E-state index in [2.05, 4.69) is 46.1 Å². The third-order valence-corrected chi connectivity index (χ3v) is 6.23. The van der Waals surface area contributed by atoms with Gasteiger partial charge in [0.05, 0.1) is 0 Å². The molecular weight excluding hydrogens is 403 g/mol. The van der Waals surface area contributed by atoms with Crippen LogP contribution in [0.15, 0.2) is 54.7 Å². The first-order chi connectivity index (χ1) is 15.5. The number of carbonyl (C=O) groups is 1. The number of halogens is 1. The molecule has 1 atom stereocenters. The highest BCUT2D eigenvalue weighted by molar-refractivity contribution is 5.74. The van der Waals surface area contributed by atoms with Crippen LogP contribution in [0.3, 0.4) is 0 Å². The molecule has 32 heavy (non-hydrogen) atoms. The van der Waals surface area contributed by atoms with Gasteiger partial charge in [-0.25, -0.2) is 14.2 Å². The van der Waals surface area contributed by atoms with E-state index >= 15 is 0 Å². The number of amides is 2. The van der Waals surface area contributed by atoms with Gasteiger partial charge in [0, 0.05) is 44.5 Å². The molecule has 2 aromatic carbocycles. The molecule has 0 bridgehead atoms. The lowest BCUT2D eigenvalue weighted by Crippen LogP contribution is -2.45. The van der Waals surface area contributed by atoms with E-state index in [4.69, 9.17) is 0 Å². The summed E-state index contributed by atoms with van der Waals surface area (Å²) in [4.78, 5) is 19.3. The Bertz CT molecular complexity index is 1040. The highest BCUT2D eigenvalue weighted by Crippen LogP contribution is 2.22. The number of rotatable bonds is 6. The molecule has 0 spiro atoms. The zero-order valence-corrected chi connectivity index (χ0v) is 18.9. The molecule has 0 saturated carbocycles. The van der Waals surface area contributed by atoms with Crippen LogP contribution in [0.4, 0.5) is 9.18 Å². The number of hydrogen-bond donors (Lipinski definition) is 1. The molecule has 0 aliphatic carbocycles. The molecule has 3 aromatic rings. The van der Waals surface area contributed by atoms with Gasteiger partial charge in [0.15, 0.2) is 0 Å². The van der Waals surface area contributed by atoms with E-state index in [1.165, 1.54) is 17.7 Å². The lowest BCUT2D eigenvalue weighted by molar-refractivity contribution is 0.164. The number of benzene rings is 2. The fourth-order valence-corrected chi connectivity index (χ4v) is 4.33. The molecule has 1 fully saturated rings. The topological polar surface area (TPSA) is 50.2 Å². The number of hydrogen-bond acceptors (Lipinski definition) is 2. The van der Waals surface area contributed by atoms with E-state index < -0.39 is 0 Å². The van der Waals surface area contributed by atoms with Crippen LogP contribution < -0.4 is 5.32 Å². The minimum absolute atomic E-state index is 0.00103. The Kier molecular flexibility index (Phi) is 6.88. The number of piperidine rings is 1. The molecule has 1 unspecified atom stereocenters. The summed E-state index contributed by atoms with van der Waals surface area (Å²) in [5.41, 5.74) is 4.46. The average Bonchev–Trinajstić information content (AvgIpc) is 3.14. The largest absolute Gasteiger partial charge is 0.334 e. The SMILES string of the molecule is Cc1ccc(CNC(=O)N2CCCC(Cc3ncc(C)n3Cc3ccc(F)cc3)C2)cc1. The summed E-state index contributed by atoms with van der Waals surface area (Å²) in [5.74, 6) is 1.18. The van der Waals surface area contributed by atoms with Gasteiger partial charge in [-0.3, -0.25) is 0 Å². The fourth-order valence-electron chi connectivity index (χ4n) is 4.33. The molecule has 1 aliphatic rings. The second-order valence-electron chi connectivity index (χ2n) is 8.83. The molecular formula is C26H31FN4O. The van der Waals surface area contributed by atoms with Crippen LogP contribution in [0, 0.1) is 25.6 Å². The van der Waals surface area contributed by atoms with Gasteiger partial charge in [-0.05, 0) is 55.9 Å². The van der Waals surface area contributed by atoms with Gasteiger partial charge in [0.25, 0.3) is 0 Å². The number of nitrogens with one attached hydrogen (secondary N) is 1. The zero-order chi connectivity index (χ0) is 22.5. The van der Waals surface area contributed by atoms with E-state index in [1.807, 2.05) is 30.2 Å². The normalized spacial score (nSPS) is 16.2. The lowest BCUT2D eigenvalue weighted by Gasteiger charge is -2.33. The number of nitrogens with zero attached hydrogens (tertiary/aromatic N) is 3. The number of urea groups is 1. The van der Waals surface area contributed by atoms with Crippen molar-refractivity contribution in [1.82, 2.24) is 19.8 Å².